The van der Waals surface area contributed by atoms with Crippen LogP contribution in [0.5, 0.6) is 0 Å². The molecule has 92 valence electrons. The van der Waals surface area contributed by atoms with Crippen molar-refractivity contribution in [3.63, 3.8) is 0 Å². The molecule has 0 saturated carbocycles. The van der Waals surface area contributed by atoms with E-state index in [0.29, 0.717) is 18.9 Å². The second kappa shape index (κ2) is 5.07. The molecule has 17 heavy (non-hydrogen) atoms. The number of piperazine rings is 1. The number of anilines is 1. The minimum atomic E-state index is 0.143. The highest BCUT2D eigenvalue weighted by atomic mass is 16.2. The third-order valence-electron chi connectivity index (χ3n) is 2.78. The maximum absolute atomic E-state index is 11.5. The van der Waals surface area contributed by atoms with Crippen molar-refractivity contribution >= 4 is 11.7 Å². The van der Waals surface area contributed by atoms with Crippen LogP contribution in [0.25, 0.3) is 0 Å². The van der Waals surface area contributed by atoms with Crippen LogP contribution in [0.15, 0.2) is 12.4 Å². The molecule has 0 unspecified atom stereocenters. The van der Waals surface area contributed by atoms with Crippen molar-refractivity contribution < 1.29 is 4.79 Å². The molecule has 0 radical (unpaired) electrons. The first kappa shape index (κ1) is 11.7. The first-order valence-electron chi connectivity index (χ1n) is 5.43. The van der Waals surface area contributed by atoms with Crippen molar-refractivity contribution in [1.82, 2.24) is 19.8 Å². The number of carbonyl (C=O) groups excluding carboxylic acids is 1. The summed E-state index contributed by atoms with van der Waals surface area (Å²) in [6, 6.07) is 0. The monoisotopic (exact) mass is 236 g/mol. The quantitative estimate of drug-likeness (QED) is 0.519. The van der Waals surface area contributed by atoms with E-state index in [4.69, 9.17) is 5.84 Å². The Morgan fingerprint density at radius 1 is 1.41 bits per heavy atom. The van der Waals surface area contributed by atoms with E-state index in [1.54, 1.807) is 17.3 Å². The number of amides is 1. The van der Waals surface area contributed by atoms with E-state index in [2.05, 4.69) is 20.3 Å². The molecule has 7 nitrogen and oxygen atoms in total. The molecule has 1 aliphatic rings. The van der Waals surface area contributed by atoms with Gasteiger partial charge in [-0.3, -0.25) is 14.7 Å². The van der Waals surface area contributed by atoms with Crippen LogP contribution in [0.4, 0.5) is 5.82 Å². The van der Waals surface area contributed by atoms with Crippen molar-refractivity contribution in [3.8, 4) is 0 Å². The number of likely N-dealkylation sites (N-methyl/N-ethyl adjacent to an activating group) is 1. The van der Waals surface area contributed by atoms with Crippen LogP contribution in [-0.4, -0.2) is 52.4 Å². The first-order chi connectivity index (χ1) is 8.19. The average Bonchev–Trinajstić information content (AvgIpc) is 2.35. The molecule has 2 heterocycles. The Kier molecular flexibility index (Phi) is 3.50. The second-order valence-corrected chi connectivity index (χ2v) is 4.06. The average molecular weight is 236 g/mol. The predicted octanol–water partition coefficient (Wildman–Crippen LogP) is -0.964. The van der Waals surface area contributed by atoms with Gasteiger partial charge in [0.25, 0.3) is 0 Å². The summed E-state index contributed by atoms with van der Waals surface area (Å²) < 4.78 is 0. The van der Waals surface area contributed by atoms with Gasteiger partial charge in [-0.1, -0.05) is 0 Å². The fourth-order valence-electron chi connectivity index (χ4n) is 1.68. The summed E-state index contributed by atoms with van der Waals surface area (Å²) in [6.45, 7) is 2.70. The Balaban J connectivity index is 1.94. The van der Waals surface area contributed by atoms with Crippen LogP contribution < -0.4 is 11.3 Å². The van der Waals surface area contributed by atoms with Crippen molar-refractivity contribution in [2.24, 2.45) is 5.84 Å². The van der Waals surface area contributed by atoms with E-state index in [0.717, 1.165) is 18.8 Å². The van der Waals surface area contributed by atoms with Gasteiger partial charge in [0.05, 0.1) is 24.6 Å². The molecule has 0 bridgehead atoms. The number of hydrogen-bond acceptors (Lipinski definition) is 6. The lowest BCUT2D eigenvalue weighted by Crippen LogP contribution is -2.48. The van der Waals surface area contributed by atoms with E-state index in [1.165, 1.54) is 0 Å². The molecular formula is C10H16N6O. The maximum atomic E-state index is 11.5. The van der Waals surface area contributed by atoms with Crippen molar-refractivity contribution in [1.29, 1.82) is 0 Å². The lowest BCUT2D eigenvalue weighted by Gasteiger charge is -2.31. The maximum Gasteiger partial charge on any atom is 0.236 e. The van der Waals surface area contributed by atoms with Gasteiger partial charge in [-0.15, -0.1) is 0 Å². The van der Waals surface area contributed by atoms with E-state index >= 15 is 0 Å². The highest BCUT2D eigenvalue weighted by Gasteiger charge is 2.21. The molecule has 1 aromatic rings. The Morgan fingerprint density at radius 2 is 2.24 bits per heavy atom. The van der Waals surface area contributed by atoms with Crippen molar-refractivity contribution in [2.45, 2.75) is 6.54 Å². The molecule has 1 saturated heterocycles. The third-order valence-corrected chi connectivity index (χ3v) is 2.78. The number of nitrogens with zero attached hydrogens (tertiary/aromatic N) is 4. The van der Waals surface area contributed by atoms with Gasteiger partial charge in [0, 0.05) is 26.7 Å². The third kappa shape index (κ3) is 2.89. The molecule has 0 spiro atoms. The smallest absolute Gasteiger partial charge is 0.236 e. The molecule has 2 rings (SSSR count). The van der Waals surface area contributed by atoms with Gasteiger partial charge in [0.1, 0.15) is 0 Å². The van der Waals surface area contributed by atoms with Crippen LogP contribution >= 0.6 is 0 Å². The zero-order valence-corrected chi connectivity index (χ0v) is 9.76. The van der Waals surface area contributed by atoms with Gasteiger partial charge in [0.2, 0.25) is 5.91 Å². The molecule has 1 aliphatic heterocycles. The van der Waals surface area contributed by atoms with Crippen molar-refractivity contribution in [3.05, 3.63) is 18.1 Å². The Labute approximate surface area is 99.6 Å². The molecule has 1 aromatic heterocycles. The topological polar surface area (TPSA) is 87.4 Å². The highest BCUT2D eigenvalue weighted by Crippen LogP contribution is 2.06. The van der Waals surface area contributed by atoms with Gasteiger partial charge in [0.15, 0.2) is 5.82 Å². The summed E-state index contributed by atoms with van der Waals surface area (Å²) in [4.78, 5) is 23.6. The van der Waals surface area contributed by atoms with E-state index in [-0.39, 0.29) is 5.91 Å². The molecular weight excluding hydrogens is 220 g/mol. The highest BCUT2D eigenvalue weighted by molar-refractivity contribution is 5.78. The Bertz CT molecular complexity index is 392. The van der Waals surface area contributed by atoms with E-state index in [9.17, 15) is 4.79 Å². The number of carbonyl (C=O) groups is 1. The van der Waals surface area contributed by atoms with Gasteiger partial charge in [-0.2, -0.15) is 0 Å². The standard InChI is InChI=1S/C10H16N6O/c1-15-2-3-16(7-10(15)17)6-8-4-13-9(14-11)5-12-8/h4-5H,2-3,6-7,11H2,1H3,(H,13,14). The number of hydrazine groups is 1. The zero-order valence-electron chi connectivity index (χ0n) is 9.76. The Hall–Kier alpha value is -1.73. The molecule has 0 atom stereocenters. The van der Waals surface area contributed by atoms with Crippen LogP contribution in [0.3, 0.4) is 0 Å². The van der Waals surface area contributed by atoms with Gasteiger partial charge < -0.3 is 10.3 Å². The largest absolute Gasteiger partial charge is 0.343 e. The molecule has 0 aliphatic carbocycles. The molecule has 7 heteroatoms. The summed E-state index contributed by atoms with van der Waals surface area (Å²) >= 11 is 0. The summed E-state index contributed by atoms with van der Waals surface area (Å²) in [5, 5.41) is 0. The van der Waals surface area contributed by atoms with Crippen LogP contribution in [0.1, 0.15) is 5.69 Å². The van der Waals surface area contributed by atoms with E-state index in [1.807, 2.05) is 7.05 Å². The zero-order chi connectivity index (χ0) is 12.3. The second-order valence-electron chi connectivity index (χ2n) is 4.06. The van der Waals surface area contributed by atoms with Crippen LogP contribution in [-0.2, 0) is 11.3 Å². The number of nitrogens with two attached hydrogens (primary N) is 1. The summed E-state index contributed by atoms with van der Waals surface area (Å²) in [7, 11) is 1.82. The fraction of sp³-hybridized carbons (Fsp3) is 0.500. The van der Waals surface area contributed by atoms with Gasteiger partial charge in [-0.05, 0) is 0 Å². The van der Waals surface area contributed by atoms with Gasteiger partial charge in [-0.25, -0.2) is 10.8 Å². The summed E-state index contributed by atoms with van der Waals surface area (Å²) in [5.41, 5.74) is 3.26. The van der Waals surface area contributed by atoms with Crippen molar-refractivity contribution in [2.75, 3.05) is 32.1 Å². The number of nitrogen functional groups attached to an aromatic ring is 1. The van der Waals surface area contributed by atoms with Gasteiger partial charge >= 0.3 is 0 Å². The van der Waals surface area contributed by atoms with E-state index < -0.39 is 0 Å². The fourth-order valence-corrected chi connectivity index (χ4v) is 1.68. The normalized spacial score (nSPS) is 17.3. The number of aromatic nitrogens is 2. The molecule has 1 fully saturated rings. The lowest BCUT2D eigenvalue weighted by atomic mass is 10.3. The molecule has 0 aromatic carbocycles. The van der Waals surface area contributed by atoms with Crippen LogP contribution in [0.2, 0.25) is 0 Å². The SMILES string of the molecule is CN1CCN(Cc2cnc(NN)cn2)CC1=O. The predicted molar refractivity (Wildman–Crippen MR) is 62.8 cm³/mol. The Morgan fingerprint density at radius 3 is 2.82 bits per heavy atom. The number of nitrogens with one attached hydrogen (secondary N) is 1. The lowest BCUT2D eigenvalue weighted by molar-refractivity contribution is -0.134. The molecule has 3 N–H and O–H groups in total. The first-order valence-corrected chi connectivity index (χ1v) is 5.43. The summed E-state index contributed by atoms with van der Waals surface area (Å²) in [5.74, 6) is 5.88. The summed E-state index contributed by atoms with van der Waals surface area (Å²) in [6.07, 6.45) is 3.24. The molecule has 1 amide bonds. The minimum absolute atomic E-state index is 0.143. The number of hydrogen-bond donors (Lipinski definition) is 2. The minimum Gasteiger partial charge on any atom is -0.343 e. The van der Waals surface area contributed by atoms with Crippen LogP contribution in [0, 0.1) is 0 Å². The number of rotatable bonds is 3.